The molecule has 0 bridgehead atoms. The summed E-state index contributed by atoms with van der Waals surface area (Å²) in [5.74, 6) is 2.25. The molecule has 0 saturated carbocycles. The Bertz CT molecular complexity index is 483. The van der Waals surface area contributed by atoms with Gasteiger partial charge in [0.2, 0.25) is 0 Å². The predicted molar refractivity (Wildman–Crippen MR) is 81.5 cm³/mol. The van der Waals surface area contributed by atoms with Crippen molar-refractivity contribution < 1.29 is 14.3 Å². The molecule has 110 valence electrons. The number of methoxy groups -OCH3 is 1. The Hall–Kier alpha value is -0.910. The van der Waals surface area contributed by atoms with E-state index in [-0.39, 0.29) is 12.1 Å². The molecule has 1 heterocycles. The number of rotatable bonds is 6. The molecule has 2 rings (SSSR count). The van der Waals surface area contributed by atoms with Crippen molar-refractivity contribution in [2.75, 3.05) is 18.6 Å². The normalized spacial score (nSPS) is 18.2. The van der Waals surface area contributed by atoms with Crippen LogP contribution in [0.15, 0.2) is 18.2 Å². The fraction of sp³-hybridized carbons (Fsp3) is 0.500. The summed E-state index contributed by atoms with van der Waals surface area (Å²) in [4.78, 5) is 11.1. The quantitative estimate of drug-likeness (QED) is 0.644. The molecule has 0 aromatic heterocycles. The minimum absolute atomic E-state index is 0.169. The fourth-order valence-electron chi connectivity index (χ4n) is 2.08. The van der Waals surface area contributed by atoms with Crippen LogP contribution in [-0.2, 0) is 16.0 Å². The Kier molecular flexibility index (Phi) is 5.57. The van der Waals surface area contributed by atoms with Crippen molar-refractivity contribution in [2.24, 2.45) is 5.73 Å². The zero-order chi connectivity index (χ0) is 14.5. The van der Waals surface area contributed by atoms with Gasteiger partial charge in [0, 0.05) is 17.2 Å². The van der Waals surface area contributed by atoms with Gasteiger partial charge in [-0.25, -0.2) is 0 Å². The van der Waals surface area contributed by atoms with Crippen molar-refractivity contribution in [3.05, 3.63) is 28.8 Å². The van der Waals surface area contributed by atoms with Gasteiger partial charge in [-0.1, -0.05) is 11.6 Å². The second-order valence-electron chi connectivity index (χ2n) is 4.69. The van der Waals surface area contributed by atoms with Gasteiger partial charge in [0.25, 0.3) is 0 Å². The van der Waals surface area contributed by atoms with Crippen LogP contribution in [0.5, 0.6) is 5.75 Å². The summed E-state index contributed by atoms with van der Waals surface area (Å²) in [5.41, 5.74) is 6.84. The van der Waals surface area contributed by atoms with E-state index >= 15 is 0 Å². The average molecular weight is 316 g/mol. The molecule has 1 aliphatic rings. The minimum Gasteiger partial charge on any atom is -0.489 e. The van der Waals surface area contributed by atoms with Gasteiger partial charge in [0.15, 0.2) is 0 Å². The summed E-state index contributed by atoms with van der Waals surface area (Å²) in [5, 5.41) is 0.740. The molecular formula is C14H18ClNO3S. The number of fused-ring (bicyclic) bond motifs is 1. The molecular weight excluding hydrogens is 298 g/mol. The third-order valence-electron chi connectivity index (χ3n) is 3.14. The van der Waals surface area contributed by atoms with E-state index in [2.05, 4.69) is 4.74 Å². The Balaban J connectivity index is 1.69. The fourth-order valence-corrected chi connectivity index (χ4v) is 3.31. The van der Waals surface area contributed by atoms with Crippen molar-refractivity contribution in [1.29, 1.82) is 0 Å². The number of hydrogen-bond acceptors (Lipinski definition) is 5. The summed E-state index contributed by atoms with van der Waals surface area (Å²) in [6.45, 7) is 0. The number of halogens is 1. The molecule has 2 unspecified atom stereocenters. The van der Waals surface area contributed by atoms with E-state index in [4.69, 9.17) is 22.1 Å². The summed E-state index contributed by atoms with van der Waals surface area (Å²) in [7, 11) is 1.35. The highest BCUT2D eigenvalue weighted by atomic mass is 35.5. The number of carbonyl (C=O) groups excluding carboxylic acids is 1. The van der Waals surface area contributed by atoms with Gasteiger partial charge >= 0.3 is 5.97 Å². The van der Waals surface area contributed by atoms with Crippen LogP contribution in [0, 0.1) is 0 Å². The monoisotopic (exact) mass is 315 g/mol. The number of carbonyl (C=O) groups is 1. The van der Waals surface area contributed by atoms with Crippen LogP contribution in [-0.4, -0.2) is 36.7 Å². The number of nitrogens with two attached hydrogens (primary N) is 1. The first-order chi connectivity index (χ1) is 9.60. The van der Waals surface area contributed by atoms with Gasteiger partial charge in [-0.05, 0) is 35.9 Å². The van der Waals surface area contributed by atoms with Crippen molar-refractivity contribution in [3.8, 4) is 5.75 Å². The first-order valence-corrected chi connectivity index (χ1v) is 7.99. The van der Waals surface area contributed by atoms with Crippen molar-refractivity contribution in [3.63, 3.8) is 0 Å². The molecule has 1 aliphatic heterocycles. The Morgan fingerprint density at radius 1 is 1.65 bits per heavy atom. The molecule has 0 amide bonds. The van der Waals surface area contributed by atoms with Crippen LogP contribution in [0.3, 0.4) is 0 Å². The molecule has 0 aliphatic carbocycles. The number of thioether (sulfide) groups is 1. The second-order valence-corrected chi connectivity index (χ2v) is 6.28. The first-order valence-electron chi connectivity index (χ1n) is 6.46. The van der Waals surface area contributed by atoms with Gasteiger partial charge in [-0.3, -0.25) is 4.79 Å². The largest absolute Gasteiger partial charge is 0.489 e. The van der Waals surface area contributed by atoms with Crippen LogP contribution in [0.4, 0.5) is 0 Å². The van der Waals surface area contributed by atoms with Crippen LogP contribution < -0.4 is 10.5 Å². The second kappa shape index (κ2) is 7.20. The third kappa shape index (κ3) is 4.04. The molecule has 1 aromatic carbocycles. The minimum atomic E-state index is -0.534. The highest BCUT2D eigenvalue weighted by Gasteiger charge is 2.23. The highest BCUT2D eigenvalue weighted by molar-refractivity contribution is 7.99. The van der Waals surface area contributed by atoms with Gasteiger partial charge < -0.3 is 15.2 Å². The van der Waals surface area contributed by atoms with E-state index in [9.17, 15) is 4.79 Å². The van der Waals surface area contributed by atoms with Crippen LogP contribution in [0.2, 0.25) is 5.02 Å². The lowest BCUT2D eigenvalue weighted by Crippen LogP contribution is -2.32. The molecule has 0 radical (unpaired) electrons. The van der Waals surface area contributed by atoms with Crippen LogP contribution >= 0.6 is 23.4 Å². The van der Waals surface area contributed by atoms with Gasteiger partial charge in [-0.15, -0.1) is 0 Å². The van der Waals surface area contributed by atoms with Gasteiger partial charge in [0.05, 0.1) is 7.11 Å². The summed E-state index contributed by atoms with van der Waals surface area (Å²) >= 11 is 7.69. The molecule has 0 spiro atoms. The Labute approximate surface area is 127 Å². The third-order valence-corrected chi connectivity index (χ3v) is 4.51. The lowest BCUT2D eigenvalue weighted by Gasteiger charge is -2.11. The lowest BCUT2D eigenvalue weighted by molar-refractivity contribution is -0.142. The smallest absolute Gasteiger partial charge is 0.322 e. The van der Waals surface area contributed by atoms with Crippen molar-refractivity contribution >= 4 is 29.3 Å². The zero-order valence-corrected chi connectivity index (χ0v) is 12.9. The van der Waals surface area contributed by atoms with E-state index in [0.29, 0.717) is 6.42 Å². The van der Waals surface area contributed by atoms with E-state index < -0.39 is 6.04 Å². The molecule has 0 saturated heterocycles. The van der Waals surface area contributed by atoms with E-state index in [1.54, 1.807) is 11.8 Å². The highest BCUT2D eigenvalue weighted by Crippen LogP contribution is 2.32. The molecule has 6 heteroatoms. The Morgan fingerprint density at radius 3 is 3.20 bits per heavy atom. The number of esters is 1. The maximum Gasteiger partial charge on any atom is 0.322 e. The summed E-state index contributed by atoms with van der Waals surface area (Å²) < 4.78 is 10.4. The summed E-state index contributed by atoms with van der Waals surface area (Å²) in [6.07, 6.45) is 1.66. The predicted octanol–water partition coefficient (Wildman–Crippen LogP) is 2.27. The zero-order valence-electron chi connectivity index (χ0n) is 11.3. The van der Waals surface area contributed by atoms with E-state index in [1.165, 1.54) is 7.11 Å². The molecule has 1 aromatic rings. The Morgan fingerprint density at radius 2 is 2.45 bits per heavy atom. The molecule has 2 N–H and O–H groups in total. The maximum atomic E-state index is 11.1. The first kappa shape index (κ1) is 15.5. The van der Waals surface area contributed by atoms with Gasteiger partial charge in [-0.2, -0.15) is 11.8 Å². The molecule has 2 atom stereocenters. The van der Waals surface area contributed by atoms with E-state index in [0.717, 1.165) is 34.3 Å². The number of ether oxygens (including phenoxy) is 2. The summed E-state index contributed by atoms with van der Waals surface area (Å²) in [6, 6.07) is 5.17. The number of hydrogen-bond donors (Lipinski definition) is 1. The van der Waals surface area contributed by atoms with E-state index in [1.807, 2.05) is 18.2 Å². The lowest BCUT2D eigenvalue weighted by atomic mass is 10.1. The van der Waals surface area contributed by atoms with Gasteiger partial charge in [0.1, 0.15) is 17.9 Å². The molecule has 4 nitrogen and oxygen atoms in total. The topological polar surface area (TPSA) is 61.5 Å². The average Bonchev–Trinajstić information content (AvgIpc) is 2.84. The standard InChI is InChI=1S/C14H18ClNO3S/c1-18-14(17)12(16)4-5-20-8-11-7-9-6-10(15)2-3-13(9)19-11/h2-3,6,11-12H,4-5,7-8,16H2,1H3. The van der Waals surface area contributed by atoms with Crippen molar-refractivity contribution in [1.82, 2.24) is 0 Å². The molecule has 20 heavy (non-hydrogen) atoms. The molecule has 0 fully saturated rings. The number of benzene rings is 1. The van der Waals surface area contributed by atoms with Crippen molar-refractivity contribution in [2.45, 2.75) is 25.0 Å². The van der Waals surface area contributed by atoms with Crippen LogP contribution in [0.1, 0.15) is 12.0 Å². The maximum absolute atomic E-state index is 11.1. The SMILES string of the molecule is COC(=O)C(N)CCSCC1Cc2cc(Cl)ccc2O1. The van der Waals surface area contributed by atoms with Crippen LogP contribution in [0.25, 0.3) is 0 Å².